The molecule has 1 atom stereocenters. The fourth-order valence-electron chi connectivity index (χ4n) is 1.25. The number of esters is 1. The first-order valence-electron chi connectivity index (χ1n) is 5.24. The first kappa shape index (κ1) is 13.4. The van der Waals surface area contributed by atoms with E-state index < -0.39 is 6.04 Å². The molecule has 0 fully saturated rings. The largest absolute Gasteiger partial charge is 0.464 e. The van der Waals surface area contributed by atoms with Crippen molar-refractivity contribution in [3.8, 4) is 0 Å². The van der Waals surface area contributed by atoms with E-state index in [4.69, 9.17) is 22.7 Å². The van der Waals surface area contributed by atoms with Crippen molar-refractivity contribution in [3.63, 3.8) is 0 Å². The van der Waals surface area contributed by atoms with Gasteiger partial charge in [-0.1, -0.05) is 12.2 Å². The minimum Gasteiger partial charge on any atom is -0.464 e. The van der Waals surface area contributed by atoms with E-state index in [2.05, 4.69) is 10.3 Å². The average Bonchev–Trinajstić information content (AvgIpc) is 2.29. The highest BCUT2D eigenvalue weighted by molar-refractivity contribution is 7.80. The lowest BCUT2D eigenvalue weighted by atomic mass is 10.2. The molecule has 92 valence electrons. The summed E-state index contributed by atoms with van der Waals surface area (Å²) >= 11 is 4.90. The second kappa shape index (κ2) is 6.15. The molecule has 3 N–H and O–H groups in total. The van der Waals surface area contributed by atoms with Gasteiger partial charge in [0.15, 0.2) is 0 Å². The van der Waals surface area contributed by atoms with Crippen LogP contribution in [0.4, 0.5) is 5.82 Å². The number of hydrogen-bond acceptors (Lipinski definition) is 5. The van der Waals surface area contributed by atoms with Gasteiger partial charge in [0.05, 0.1) is 12.2 Å². The van der Waals surface area contributed by atoms with Crippen LogP contribution < -0.4 is 11.1 Å². The third-order valence-electron chi connectivity index (χ3n) is 2.07. The van der Waals surface area contributed by atoms with E-state index in [0.29, 0.717) is 18.0 Å². The van der Waals surface area contributed by atoms with Crippen LogP contribution in [0.15, 0.2) is 18.3 Å². The Bertz CT molecular complexity index is 423. The summed E-state index contributed by atoms with van der Waals surface area (Å²) in [6, 6.07) is 2.97. The lowest BCUT2D eigenvalue weighted by molar-refractivity contribution is -0.143. The first-order chi connectivity index (χ1) is 8.06. The van der Waals surface area contributed by atoms with Gasteiger partial charge in [-0.15, -0.1) is 0 Å². The van der Waals surface area contributed by atoms with Crippen molar-refractivity contribution >= 4 is 29.0 Å². The number of carbonyl (C=O) groups excluding carboxylic acids is 1. The minimum atomic E-state index is -0.502. The molecule has 0 aliphatic rings. The maximum Gasteiger partial charge on any atom is 0.328 e. The molecule has 17 heavy (non-hydrogen) atoms. The number of nitrogens with two attached hydrogens (primary N) is 1. The normalized spacial score (nSPS) is 11.6. The first-order valence-corrected chi connectivity index (χ1v) is 5.65. The standard InChI is InChI=1S/C11H15N3O2S/c1-3-16-11(15)7(2)14-10-8(9(12)17)5-4-6-13-10/h4-7H,3H2,1-2H3,(H2,12,17)(H,13,14). The van der Waals surface area contributed by atoms with Gasteiger partial charge < -0.3 is 15.8 Å². The van der Waals surface area contributed by atoms with Crippen LogP contribution >= 0.6 is 12.2 Å². The van der Waals surface area contributed by atoms with Gasteiger partial charge in [-0.05, 0) is 26.0 Å². The van der Waals surface area contributed by atoms with Gasteiger partial charge in [0.1, 0.15) is 16.8 Å². The fraction of sp³-hybridized carbons (Fsp3) is 0.364. The van der Waals surface area contributed by atoms with Gasteiger partial charge in [0, 0.05) is 6.20 Å². The molecule has 1 heterocycles. The van der Waals surface area contributed by atoms with E-state index in [0.717, 1.165) is 0 Å². The van der Waals surface area contributed by atoms with Crippen molar-refractivity contribution in [2.75, 3.05) is 11.9 Å². The molecule has 0 radical (unpaired) electrons. The Kier molecular flexibility index (Phi) is 4.84. The topological polar surface area (TPSA) is 77.2 Å². The second-order valence-electron chi connectivity index (χ2n) is 3.38. The Morgan fingerprint density at radius 2 is 2.41 bits per heavy atom. The summed E-state index contributed by atoms with van der Waals surface area (Å²) in [4.78, 5) is 15.8. The zero-order chi connectivity index (χ0) is 12.8. The zero-order valence-corrected chi connectivity index (χ0v) is 10.6. The monoisotopic (exact) mass is 253 g/mol. The van der Waals surface area contributed by atoms with Crippen molar-refractivity contribution in [3.05, 3.63) is 23.9 Å². The lowest BCUT2D eigenvalue weighted by Crippen LogP contribution is -2.29. The number of nitrogens with one attached hydrogen (secondary N) is 1. The predicted molar refractivity (Wildman–Crippen MR) is 69.8 cm³/mol. The molecule has 1 rings (SSSR count). The molecular formula is C11H15N3O2S. The molecule has 0 bridgehead atoms. The van der Waals surface area contributed by atoms with Crippen LogP contribution in [0.5, 0.6) is 0 Å². The number of rotatable bonds is 5. The van der Waals surface area contributed by atoms with Gasteiger partial charge in [0.2, 0.25) is 0 Å². The Labute approximate surface area is 105 Å². The van der Waals surface area contributed by atoms with Crippen LogP contribution in [-0.4, -0.2) is 28.6 Å². The third kappa shape index (κ3) is 3.67. The second-order valence-corrected chi connectivity index (χ2v) is 3.82. The molecular weight excluding hydrogens is 238 g/mol. The summed E-state index contributed by atoms with van der Waals surface area (Å²) in [6.07, 6.45) is 1.60. The Morgan fingerprint density at radius 1 is 1.71 bits per heavy atom. The van der Waals surface area contributed by atoms with Gasteiger partial charge >= 0.3 is 5.97 Å². The Morgan fingerprint density at radius 3 is 3.00 bits per heavy atom. The van der Waals surface area contributed by atoms with Gasteiger partial charge in [-0.2, -0.15) is 0 Å². The minimum absolute atomic E-state index is 0.233. The molecule has 0 aromatic carbocycles. The van der Waals surface area contributed by atoms with Gasteiger partial charge in [0.25, 0.3) is 0 Å². The van der Waals surface area contributed by atoms with Crippen LogP contribution in [0, 0.1) is 0 Å². The zero-order valence-electron chi connectivity index (χ0n) is 9.77. The Hall–Kier alpha value is -1.69. The number of nitrogens with zero attached hydrogens (tertiary/aromatic N) is 1. The summed E-state index contributed by atoms with van der Waals surface area (Å²) in [5, 5.41) is 2.92. The van der Waals surface area contributed by atoms with E-state index in [9.17, 15) is 4.79 Å². The number of thiocarbonyl (C=S) groups is 1. The van der Waals surface area contributed by atoms with Crippen LogP contribution in [0.3, 0.4) is 0 Å². The van der Waals surface area contributed by atoms with Crippen molar-refractivity contribution in [2.24, 2.45) is 5.73 Å². The quantitative estimate of drug-likeness (QED) is 0.604. The van der Waals surface area contributed by atoms with Crippen LogP contribution in [0.1, 0.15) is 19.4 Å². The summed E-state index contributed by atoms with van der Waals surface area (Å²) in [6.45, 7) is 3.79. The number of anilines is 1. The molecule has 1 unspecified atom stereocenters. The molecule has 1 aromatic rings. The van der Waals surface area contributed by atoms with Crippen LogP contribution in [0.2, 0.25) is 0 Å². The van der Waals surface area contributed by atoms with Crippen molar-refractivity contribution in [1.29, 1.82) is 0 Å². The van der Waals surface area contributed by atoms with E-state index in [1.807, 2.05) is 0 Å². The number of hydrogen-bond donors (Lipinski definition) is 2. The van der Waals surface area contributed by atoms with E-state index >= 15 is 0 Å². The van der Waals surface area contributed by atoms with E-state index in [-0.39, 0.29) is 11.0 Å². The fourth-order valence-corrected chi connectivity index (χ4v) is 1.42. The highest BCUT2D eigenvalue weighted by Gasteiger charge is 2.16. The number of aromatic nitrogens is 1. The molecule has 6 heteroatoms. The van der Waals surface area contributed by atoms with Gasteiger partial charge in [-0.25, -0.2) is 9.78 Å². The Balaban J connectivity index is 2.81. The highest BCUT2D eigenvalue weighted by Crippen LogP contribution is 2.12. The highest BCUT2D eigenvalue weighted by atomic mass is 32.1. The molecule has 0 amide bonds. The molecule has 5 nitrogen and oxygen atoms in total. The van der Waals surface area contributed by atoms with E-state index in [1.54, 1.807) is 32.2 Å². The SMILES string of the molecule is CCOC(=O)C(C)Nc1ncccc1C(N)=S. The third-order valence-corrected chi connectivity index (χ3v) is 2.29. The van der Waals surface area contributed by atoms with Crippen molar-refractivity contribution in [2.45, 2.75) is 19.9 Å². The van der Waals surface area contributed by atoms with Crippen molar-refractivity contribution < 1.29 is 9.53 Å². The van der Waals surface area contributed by atoms with E-state index in [1.165, 1.54) is 0 Å². The number of ether oxygens (including phenoxy) is 1. The lowest BCUT2D eigenvalue weighted by Gasteiger charge is -2.15. The molecule has 0 aliphatic carbocycles. The maximum atomic E-state index is 11.5. The van der Waals surface area contributed by atoms with Gasteiger partial charge in [-0.3, -0.25) is 0 Å². The average molecular weight is 253 g/mol. The summed E-state index contributed by atoms with van der Waals surface area (Å²) < 4.78 is 4.88. The summed E-state index contributed by atoms with van der Waals surface area (Å²) in [5.41, 5.74) is 6.17. The van der Waals surface area contributed by atoms with Crippen LogP contribution in [0.25, 0.3) is 0 Å². The molecule has 1 aromatic heterocycles. The number of carbonyl (C=O) groups is 1. The molecule has 0 saturated heterocycles. The summed E-state index contributed by atoms with van der Waals surface area (Å²) in [7, 11) is 0. The molecule has 0 aliphatic heterocycles. The summed E-state index contributed by atoms with van der Waals surface area (Å²) in [5.74, 6) is 0.146. The van der Waals surface area contributed by atoms with Crippen molar-refractivity contribution in [1.82, 2.24) is 4.98 Å². The van der Waals surface area contributed by atoms with Crippen LogP contribution in [-0.2, 0) is 9.53 Å². The molecule has 0 spiro atoms. The predicted octanol–water partition coefficient (Wildman–Crippen LogP) is 1.08. The smallest absolute Gasteiger partial charge is 0.328 e. The maximum absolute atomic E-state index is 11.5. The number of pyridine rings is 1. The molecule has 0 saturated carbocycles.